The first-order valence-corrected chi connectivity index (χ1v) is 12.4. The number of thioether (sulfide) groups is 1. The standard InChI is InChI=1S/C27H26N4O4S/c1-30(2)18-6-10-20(11-7-18)35-21-12-13-22-23(15-21)31(3)25(28-22)16-34-19-8-4-17(5-9-19)14-24-26(32)29-27(33)36-24/h4-13,15,24H,14,16H2,1-3H3,(H,29,32,33). The van der Waals surface area contributed by atoms with Gasteiger partial charge in [0.15, 0.2) is 0 Å². The van der Waals surface area contributed by atoms with Crippen LogP contribution in [0.2, 0.25) is 0 Å². The molecule has 1 aliphatic rings. The van der Waals surface area contributed by atoms with Crippen molar-refractivity contribution in [3.8, 4) is 17.2 Å². The van der Waals surface area contributed by atoms with Crippen LogP contribution in [0.25, 0.3) is 11.0 Å². The normalized spacial score (nSPS) is 15.2. The van der Waals surface area contributed by atoms with Crippen LogP contribution in [0.1, 0.15) is 11.4 Å². The van der Waals surface area contributed by atoms with E-state index in [0.717, 1.165) is 51.4 Å². The van der Waals surface area contributed by atoms with Gasteiger partial charge in [-0.2, -0.15) is 0 Å². The summed E-state index contributed by atoms with van der Waals surface area (Å²) in [6.45, 7) is 0.308. The van der Waals surface area contributed by atoms with Gasteiger partial charge >= 0.3 is 0 Å². The second-order valence-corrected chi connectivity index (χ2v) is 9.92. The number of nitrogens with zero attached hydrogens (tertiary/aromatic N) is 3. The van der Waals surface area contributed by atoms with E-state index in [4.69, 9.17) is 14.5 Å². The highest BCUT2D eigenvalue weighted by Gasteiger charge is 2.31. The SMILES string of the molecule is CN(C)c1ccc(Oc2ccc3nc(COc4ccc(CC5SC(=O)NC5=O)cc4)n(C)c3c2)cc1. The number of hydrogen-bond donors (Lipinski definition) is 1. The molecule has 184 valence electrons. The lowest BCUT2D eigenvalue weighted by atomic mass is 10.1. The van der Waals surface area contributed by atoms with Crippen LogP contribution < -0.4 is 19.7 Å². The number of carbonyl (C=O) groups excluding carboxylic acids is 2. The number of aromatic nitrogens is 2. The van der Waals surface area contributed by atoms with Crippen molar-refractivity contribution >= 4 is 39.6 Å². The molecule has 2 amide bonds. The molecule has 9 heteroatoms. The number of rotatable bonds is 8. The van der Waals surface area contributed by atoms with E-state index in [1.165, 1.54) is 0 Å². The van der Waals surface area contributed by atoms with Gasteiger partial charge in [-0.1, -0.05) is 23.9 Å². The van der Waals surface area contributed by atoms with Crippen LogP contribution >= 0.6 is 11.8 Å². The van der Waals surface area contributed by atoms with E-state index in [1.807, 2.05) is 97.3 Å². The molecule has 3 aromatic carbocycles. The number of imidazole rings is 1. The lowest BCUT2D eigenvalue weighted by Gasteiger charge is -2.13. The smallest absolute Gasteiger partial charge is 0.286 e. The average molecular weight is 503 g/mol. The minimum absolute atomic E-state index is 0.233. The first-order valence-electron chi connectivity index (χ1n) is 11.5. The van der Waals surface area contributed by atoms with Crippen molar-refractivity contribution in [3.63, 3.8) is 0 Å². The van der Waals surface area contributed by atoms with Crippen molar-refractivity contribution in [1.29, 1.82) is 0 Å². The van der Waals surface area contributed by atoms with Crippen LogP contribution in [0.5, 0.6) is 17.2 Å². The summed E-state index contributed by atoms with van der Waals surface area (Å²) in [4.78, 5) is 29.9. The Morgan fingerprint density at radius 2 is 1.67 bits per heavy atom. The maximum atomic E-state index is 11.8. The maximum absolute atomic E-state index is 11.8. The first kappa shape index (κ1) is 23.7. The third-order valence-corrected chi connectivity index (χ3v) is 6.99. The van der Waals surface area contributed by atoms with E-state index >= 15 is 0 Å². The van der Waals surface area contributed by atoms with E-state index in [2.05, 4.69) is 5.32 Å². The van der Waals surface area contributed by atoms with Gasteiger partial charge in [-0.15, -0.1) is 0 Å². The minimum atomic E-state index is -0.379. The third kappa shape index (κ3) is 5.16. The quantitative estimate of drug-likeness (QED) is 0.367. The van der Waals surface area contributed by atoms with Crippen LogP contribution in [0, 0.1) is 0 Å². The highest BCUT2D eigenvalue weighted by Crippen LogP contribution is 2.28. The molecule has 0 bridgehead atoms. The van der Waals surface area contributed by atoms with Gasteiger partial charge in [-0.05, 0) is 60.5 Å². The summed E-state index contributed by atoms with van der Waals surface area (Å²) in [5.74, 6) is 2.77. The fraction of sp³-hybridized carbons (Fsp3) is 0.222. The summed E-state index contributed by atoms with van der Waals surface area (Å²) >= 11 is 1.03. The number of imide groups is 1. The topological polar surface area (TPSA) is 85.7 Å². The number of carbonyl (C=O) groups is 2. The highest BCUT2D eigenvalue weighted by molar-refractivity contribution is 8.15. The summed E-state index contributed by atoms with van der Waals surface area (Å²) in [6.07, 6.45) is 0.497. The van der Waals surface area contributed by atoms with Crippen molar-refractivity contribution < 1.29 is 19.1 Å². The Morgan fingerprint density at radius 1 is 0.972 bits per heavy atom. The molecule has 1 aliphatic heterocycles. The molecule has 1 unspecified atom stereocenters. The number of nitrogens with one attached hydrogen (secondary N) is 1. The largest absolute Gasteiger partial charge is 0.486 e. The fourth-order valence-corrected chi connectivity index (χ4v) is 4.83. The van der Waals surface area contributed by atoms with Crippen molar-refractivity contribution in [3.05, 3.63) is 78.1 Å². The first-order chi connectivity index (χ1) is 17.4. The van der Waals surface area contributed by atoms with E-state index in [1.54, 1.807) is 0 Å². The van der Waals surface area contributed by atoms with E-state index in [0.29, 0.717) is 18.8 Å². The summed E-state index contributed by atoms with van der Waals surface area (Å²) in [5.41, 5.74) is 3.90. The fourth-order valence-electron chi connectivity index (χ4n) is 3.97. The molecule has 0 aliphatic carbocycles. The number of anilines is 1. The Kier molecular flexibility index (Phi) is 6.56. The Balaban J connectivity index is 1.23. The Labute approximate surface area is 213 Å². The second kappa shape index (κ2) is 9.94. The zero-order chi connectivity index (χ0) is 25.2. The molecule has 1 aromatic heterocycles. The Morgan fingerprint density at radius 3 is 2.33 bits per heavy atom. The lowest BCUT2D eigenvalue weighted by Crippen LogP contribution is -2.25. The predicted octanol–water partition coefficient (Wildman–Crippen LogP) is 4.90. The third-order valence-electron chi connectivity index (χ3n) is 6.01. The highest BCUT2D eigenvalue weighted by atomic mass is 32.2. The average Bonchev–Trinajstić information content (AvgIpc) is 3.35. The van der Waals surface area contributed by atoms with Gasteiger partial charge in [-0.3, -0.25) is 14.9 Å². The molecule has 5 rings (SSSR count). The predicted molar refractivity (Wildman–Crippen MR) is 141 cm³/mol. The monoisotopic (exact) mass is 502 g/mol. The molecule has 1 saturated heterocycles. The lowest BCUT2D eigenvalue weighted by molar-refractivity contribution is -0.118. The molecule has 0 radical (unpaired) electrons. The molecular formula is C27H26N4O4S. The number of benzene rings is 3. The van der Waals surface area contributed by atoms with Gasteiger partial charge < -0.3 is 18.9 Å². The Bertz CT molecular complexity index is 1410. The minimum Gasteiger partial charge on any atom is -0.486 e. The number of fused-ring (bicyclic) bond motifs is 1. The maximum Gasteiger partial charge on any atom is 0.286 e. The molecule has 36 heavy (non-hydrogen) atoms. The van der Waals surface area contributed by atoms with Crippen LogP contribution in [0.15, 0.2) is 66.7 Å². The van der Waals surface area contributed by atoms with E-state index in [-0.39, 0.29) is 16.4 Å². The van der Waals surface area contributed by atoms with Gasteiger partial charge in [0.1, 0.15) is 29.7 Å². The zero-order valence-electron chi connectivity index (χ0n) is 20.2. The molecule has 4 aromatic rings. The van der Waals surface area contributed by atoms with Crippen LogP contribution in [-0.2, 0) is 24.9 Å². The van der Waals surface area contributed by atoms with Crippen LogP contribution in [0.3, 0.4) is 0 Å². The molecule has 1 fully saturated rings. The van der Waals surface area contributed by atoms with Crippen molar-refractivity contribution in [2.24, 2.45) is 7.05 Å². The summed E-state index contributed by atoms with van der Waals surface area (Å²) in [7, 11) is 5.97. The van der Waals surface area contributed by atoms with Gasteiger partial charge in [0.05, 0.1) is 16.3 Å². The van der Waals surface area contributed by atoms with E-state index < -0.39 is 0 Å². The summed E-state index contributed by atoms with van der Waals surface area (Å²) < 4.78 is 14.0. The molecule has 2 heterocycles. The molecule has 0 spiro atoms. The summed E-state index contributed by atoms with van der Waals surface area (Å²) in [5, 5.41) is 1.65. The van der Waals surface area contributed by atoms with Gasteiger partial charge in [0, 0.05) is 32.9 Å². The molecule has 8 nitrogen and oxygen atoms in total. The summed E-state index contributed by atoms with van der Waals surface area (Å²) in [6, 6.07) is 21.3. The van der Waals surface area contributed by atoms with Crippen molar-refractivity contribution in [1.82, 2.24) is 14.9 Å². The van der Waals surface area contributed by atoms with Gasteiger partial charge in [-0.25, -0.2) is 4.98 Å². The number of hydrogen-bond acceptors (Lipinski definition) is 7. The van der Waals surface area contributed by atoms with Gasteiger partial charge in [0.25, 0.3) is 5.24 Å². The van der Waals surface area contributed by atoms with Crippen LogP contribution in [0.4, 0.5) is 10.5 Å². The molecule has 0 saturated carbocycles. The number of ether oxygens (including phenoxy) is 2. The number of amides is 2. The Hall–Kier alpha value is -3.98. The second-order valence-electron chi connectivity index (χ2n) is 8.75. The molecule has 1 N–H and O–H groups in total. The van der Waals surface area contributed by atoms with Crippen molar-refractivity contribution in [2.75, 3.05) is 19.0 Å². The zero-order valence-corrected chi connectivity index (χ0v) is 21.0. The van der Waals surface area contributed by atoms with E-state index in [9.17, 15) is 9.59 Å². The van der Waals surface area contributed by atoms with Gasteiger partial charge in [0.2, 0.25) is 5.91 Å². The molecule has 1 atom stereocenters. The molecular weight excluding hydrogens is 476 g/mol. The number of aryl methyl sites for hydroxylation is 1. The van der Waals surface area contributed by atoms with Crippen LogP contribution in [-0.4, -0.2) is 40.0 Å². The van der Waals surface area contributed by atoms with Crippen molar-refractivity contribution in [2.45, 2.75) is 18.3 Å².